The fraction of sp³-hybridized carbons (Fsp3) is 0.188. The summed E-state index contributed by atoms with van der Waals surface area (Å²) in [6.07, 6.45) is 2.05. The lowest BCUT2D eigenvalue weighted by Crippen LogP contribution is -2.04. The number of nitrogens with zero attached hydrogens (tertiary/aromatic N) is 2. The van der Waals surface area contributed by atoms with E-state index in [0.717, 1.165) is 27.6 Å². The van der Waals surface area contributed by atoms with Crippen LogP contribution in [0, 0.1) is 0 Å². The van der Waals surface area contributed by atoms with Gasteiger partial charge in [-0.05, 0) is 36.2 Å². The summed E-state index contributed by atoms with van der Waals surface area (Å²) in [5, 5.41) is 10.2. The van der Waals surface area contributed by atoms with Gasteiger partial charge in [-0.2, -0.15) is 0 Å². The molecule has 1 atom stereocenters. The molecule has 4 heteroatoms. The van der Waals surface area contributed by atoms with E-state index in [9.17, 15) is 5.11 Å². The molecule has 3 aromatic rings. The van der Waals surface area contributed by atoms with Crippen LogP contribution < -0.4 is 0 Å². The van der Waals surface area contributed by atoms with E-state index in [1.807, 2.05) is 54.9 Å². The third kappa shape index (κ3) is 2.76. The molecular formula is C16H15BrN2O. The molecule has 1 heterocycles. The molecule has 0 aliphatic rings. The van der Waals surface area contributed by atoms with Gasteiger partial charge in [0.15, 0.2) is 0 Å². The highest BCUT2D eigenvalue weighted by Crippen LogP contribution is 2.21. The molecule has 1 aromatic heterocycles. The van der Waals surface area contributed by atoms with Crippen LogP contribution in [0.3, 0.4) is 0 Å². The Morgan fingerprint density at radius 2 is 1.85 bits per heavy atom. The molecule has 0 saturated carbocycles. The molecule has 3 nitrogen and oxygen atoms in total. The van der Waals surface area contributed by atoms with Gasteiger partial charge < -0.3 is 9.67 Å². The van der Waals surface area contributed by atoms with Crippen molar-refractivity contribution < 1.29 is 5.11 Å². The van der Waals surface area contributed by atoms with Crippen molar-refractivity contribution in [3.05, 3.63) is 64.9 Å². The maximum atomic E-state index is 10.2. The molecule has 0 bridgehead atoms. The minimum atomic E-state index is -0.454. The lowest BCUT2D eigenvalue weighted by molar-refractivity contribution is 0.161. The Morgan fingerprint density at radius 1 is 1.10 bits per heavy atom. The van der Waals surface area contributed by atoms with Gasteiger partial charge in [0.25, 0.3) is 0 Å². The minimum absolute atomic E-state index is 0.454. The molecule has 0 saturated heterocycles. The summed E-state index contributed by atoms with van der Waals surface area (Å²) in [5.74, 6) is 0. The van der Waals surface area contributed by atoms with Crippen molar-refractivity contribution in [2.45, 2.75) is 19.1 Å². The zero-order chi connectivity index (χ0) is 13.9. The molecule has 102 valence electrons. The van der Waals surface area contributed by atoms with E-state index in [1.165, 1.54) is 0 Å². The van der Waals surface area contributed by atoms with Crippen LogP contribution in [0.1, 0.15) is 18.1 Å². The lowest BCUT2D eigenvalue weighted by atomic mass is 10.1. The fourth-order valence-corrected chi connectivity index (χ4v) is 2.57. The lowest BCUT2D eigenvalue weighted by Gasteiger charge is -2.12. The molecule has 1 unspecified atom stereocenters. The van der Waals surface area contributed by atoms with Gasteiger partial charge in [-0.3, -0.25) is 0 Å². The Balaban J connectivity index is 1.71. The zero-order valence-electron chi connectivity index (χ0n) is 10.9. The Morgan fingerprint density at radius 3 is 2.65 bits per heavy atom. The van der Waals surface area contributed by atoms with Crippen molar-refractivity contribution >= 4 is 27.0 Å². The number of halogens is 1. The van der Waals surface area contributed by atoms with E-state index in [0.29, 0.717) is 6.42 Å². The number of hydrogen-bond acceptors (Lipinski definition) is 2. The maximum Gasteiger partial charge on any atom is 0.0958 e. The number of aliphatic hydroxyl groups excluding tert-OH is 1. The number of imidazole rings is 1. The van der Waals surface area contributed by atoms with E-state index < -0.39 is 6.10 Å². The van der Waals surface area contributed by atoms with Gasteiger partial charge in [-0.15, -0.1) is 0 Å². The Kier molecular flexibility index (Phi) is 3.85. The monoisotopic (exact) mass is 330 g/mol. The van der Waals surface area contributed by atoms with E-state index in [4.69, 9.17) is 0 Å². The molecule has 1 N–H and O–H groups in total. The molecule has 0 radical (unpaired) electrons. The number of aryl methyl sites for hydroxylation is 1. The second-order valence-electron chi connectivity index (χ2n) is 4.78. The summed E-state index contributed by atoms with van der Waals surface area (Å²) < 4.78 is 3.10. The van der Waals surface area contributed by atoms with Crippen LogP contribution in [0.2, 0.25) is 0 Å². The smallest absolute Gasteiger partial charge is 0.0958 e. The van der Waals surface area contributed by atoms with E-state index in [1.54, 1.807) is 0 Å². The van der Waals surface area contributed by atoms with Crippen molar-refractivity contribution in [3.8, 4) is 0 Å². The van der Waals surface area contributed by atoms with E-state index in [-0.39, 0.29) is 0 Å². The second-order valence-corrected chi connectivity index (χ2v) is 5.70. The molecule has 0 spiro atoms. The van der Waals surface area contributed by atoms with Crippen molar-refractivity contribution in [1.29, 1.82) is 0 Å². The van der Waals surface area contributed by atoms with Gasteiger partial charge in [-0.1, -0.05) is 40.2 Å². The largest absolute Gasteiger partial charge is 0.388 e. The van der Waals surface area contributed by atoms with Crippen LogP contribution in [-0.2, 0) is 6.54 Å². The third-order valence-electron chi connectivity index (χ3n) is 3.43. The molecule has 3 rings (SSSR count). The average molecular weight is 331 g/mol. The van der Waals surface area contributed by atoms with Gasteiger partial charge >= 0.3 is 0 Å². The number of para-hydroxylation sites is 2. The first-order valence-electron chi connectivity index (χ1n) is 6.57. The Hall–Kier alpha value is -1.65. The average Bonchev–Trinajstić information content (AvgIpc) is 2.89. The molecule has 0 aliphatic heterocycles. The summed E-state index contributed by atoms with van der Waals surface area (Å²) >= 11 is 3.40. The maximum absolute atomic E-state index is 10.2. The van der Waals surface area contributed by atoms with Crippen LogP contribution >= 0.6 is 15.9 Å². The molecule has 0 amide bonds. The van der Waals surface area contributed by atoms with Gasteiger partial charge in [0.2, 0.25) is 0 Å². The standard InChI is InChI=1S/C16H15BrN2O/c17-13-7-5-12(6-8-13)16(20)9-10-19-11-18-14-3-1-2-4-15(14)19/h1-8,11,16,20H,9-10H2. The quantitative estimate of drug-likeness (QED) is 0.787. The number of fused-ring (bicyclic) bond motifs is 1. The van der Waals surface area contributed by atoms with Gasteiger partial charge in [0, 0.05) is 11.0 Å². The summed E-state index contributed by atoms with van der Waals surface area (Å²) in [4.78, 5) is 4.36. The Labute approximate surface area is 126 Å². The summed E-state index contributed by atoms with van der Waals surface area (Å²) in [6, 6.07) is 15.8. The van der Waals surface area contributed by atoms with Gasteiger partial charge in [-0.25, -0.2) is 4.98 Å². The van der Waals surface area contributed by atoms with Crippen LogP contribution in [0.15, 0.2) is 59.3 Å². The topological polar surface area (TPSA) is 38.0 Å². The zero-order valence-corrected chi connectivity index (χ0v) is 12.5. The van der Waals surface area contributed by atoms with E-state index >= 15 is 0 Å². The van der Waals surface area contributed by atoms with Crippen LogP contribution in [-0.4, -0.2) is 14.7 Å². The molecule has 0 fully saturated rings. The predicted molar refractivity (Wildman–Crippen MR) is 83.5 cm³/mol. The summed E-state index contributed by atoms with van der Waals surface area (Å²) in [7, 11) is 0. The molecule has 20 heavy (non-hydrogen) atoms. The van der Waals surface area contributed by atoms with Crippen LogP contribution in [0.4, 0.5) is 0 Å². The number of aromatic nitrogens is 2. The summed E-state index contributed by atoms with van der Waals surface area (Å²) in [5.41, 5.74) is 3.04. The predicted octanol–water partition coefficient (Wildman–Crippen LogP) is 3.92. The SMILES string of the molecule is OC(CCn1cnc2ccccc21)c1ccc(Br)cc1. The Bertz CT molecular complexity index is 706. The molecule has 2 aromatic carbocycles. The molecular weight excluding hydrogens is 316 g/mol. The fourth-order valence-electron chi connectivity index (χ4n) is 2.30. The van der Waals surface area contributed by atoms with Crippen molar-refractivity contribution in [2.75, 3.05) is 0 Å². The number of aliphatic hydroxyl groups is 1. The van der Waals surface area contributed by atoms with Crippen molar-refractivity contribution in [1.82, 2.24) is 9.55 Å². The van der Waals surface area contributed by atoms with Crippen molar-refractivity contribution in [3.63, 3.8) is 0 Å². The van der Waals surface area contributed by atoms with E-state index in [2.05, 4.69) is 25.5 Å². The summed E-state index contributed by atoms with van der Waals surface area (Å²) in [6.45, 7) is 0.748. The van der Waals surface area contributed by atoms with Crippen molar-refractivity contribution in [2.24, 2.45) is 0 Å². The highest BCUT2D eigenvalue weighted by atomic mass is 79.9. The minimum Gasteiger partial charge on any atom is -0.388 e. The first kappa shape index (κ1) is 13.3. The normalized spacial score (nSPS) is 12.7. The number of rotatable bonds is 4. The third-order valence-corrected chi connectivity index (χ3v) is 3.95. The highest BCUT2D eigenvalue weighted by molar-refractivity contribution is 9.10. The van der Waals surface area contributed by atoms with Gasteiger partial charge in [0.05, 0.1) is 23.5 Å². The first-order valence-corrected chi connectivity index (χ1v) is 7.37. The van der Waals surface area contributed by atoms with Gasteiger partial charge in [0.1, 0.15) is 0 Å². The highest BCUT2D eigenvalue weighted by Gasteiger charge is 2.09. The second kappa shape index (κ2) is 5.77. The van der Waals surface area contributed by atoms with Crippen LogP contribution in [0.25, 0.3) is 11.0 Å². The van der Waals surface area contributed by atoms with Crippen LogP contribution in [0.5, 0.6) is 0 Å². The number of benzene rings is 2. The first-order chi connectivity index (χ1) is 9.74. The molecule has 0 aliphatic carbocycles. The number of hydrogen-bond donors (Lipinski definition) is 1.